The van der Waals surface area contributed by atoms with E-state index in [4.69, 9.17) is 4.74 Å². The van der Waals surface area contributed by atoms with Crippen LogP contribution in [0, 0.1) is 0 Å². The monoisotopic (exact) mass is 275 g/mol. The van der Waals surface area contributed by atoms with E-state index < -0.39 is 0 Å². The van der Waals surface area contributed by atoms with Crippen molar-refractivity contribution >= 4 is 0 Å². The van der Waals surface area contributed by atoms with Crippen LogP contribution in [0.2, 0.25) is 0 Å². The average molecular weight is 275 g/mol. The Hall–Kier alpha value is -0.860. The molecule has 1 fully saturated rings. The van der Waals surface area contributed by atoms with Crippen LogP contribution in [-0.2, 0) is 11.2 Å². The number of benzene rings is 1. The van der Waals surface area contributed by atoms with Gasteiger partial charge >= 0.3 is 0 Å². The zero-order valence-corrected chi connectivity index (χ0v) is 13.0. The lowest BCUT2D eigenvalue weighted by Gasteiger charge is -2.28. The summed E-state index contributed by atoms with van der Waals surface area (Å²) in [5.74, 6) is 0. The van der Waals surface area contributed by atoms with Crippen molar-refractivity contribution in [2.24, 2.45) is 0 Å². The molecule has 2 heteroatoms. The Balaban J connectivity index is 2.04. The van der Waals surface area contributed by atoms with E-state index in [2.05, 4.69) is 43.4 Å². The molecular formula is C18H29NO. The highest BCUT2D eigenvalue weighted by Crippen LogP contribution is 2.25. The number of nitrogens with one attached hydrogen (secondary N) is 1. The van der Waals surface area contributed by atoms with E-state index in [1.54, 1.807) is 0 Å². The summed E-state index contributed by atoms with van der Waals surface area (Å²) in [6.07, 6.45) is 7.68. The first-order valence-corrected chi connectivity index (χ1v) is 8.27. The fraction of sp³-hybridized carbons (Fsp3) is 0.667. The minimum absolute atomic E-state index is 0.430. The van der Waals surface area contributed by atoms with Gasteiger partial charge in [0.25, 0.3) is 0 Å². The summed E-state index contributed by atoms with van der Waals surface area (Å²) < 4.78 is 5.91. The highest BCUT2D eigenvalue weighted by atomic mass is 16.5. The number of aryl methyl sites for hydroxylation is 1. The summed E-state index contributed by atoms with van der Waals surface area (Å²) >= 11 is 0. The number of ether oxygens (including phenoxy) is 1. The minimum Gasteiger partial charge on any atom is -0.378 e. The maximum atomic E-state index is 5.91. The number of hydrogen-bond donors (Lipinski definition) is 1. The molecule has 1 aliphatic rings. The Bertz CT molecular complexity index is 385. The molecule has 0 saturated carbocycles. The number of hydrogen-bond acceptors (Lipinski definition) is 2. The standard InChI is InChI=1S/C18H29NO/c1-3-8-15-9-7-10-16(13-15)18(19-4-2)14-17-11-5-6-12-20-17/h7,9-10,13,17-19H,3-6,8,11-12,14H2,1-2H3. The Morgan fingerprint density at radius 1 is 1.30 bits per heavy atom. The van der Waals surface area contributed by atoms with Crippen LogP contribution < -0.4 is 5.32 Å². The lowest BCUT2D eigenvalue weighted by molar-refractivity contribution is 0.00513. The number of rotatable bonds is 7. The van der Waals surface area contributed by atoms with E-state index >= 15 is 0 Å². The molecule has 2 atom stereocenters. The summed E-state index contributed by atoms with van der Waals surface area (Å²) in [6, 6.07) is 9.51. The van der Waals surface area contributed by atoms with E-state index in [0.717, 1.165) is 19.6 Å². The topological polar surface area (TPSA) is 21.3 Å². The van der Waals surface area contributed by atoms with Crippen LogP contribution in [0.5, 0.6) is 0 Å². The van der Waals surface area contributed by atoms with Crippen molar-refractivity contribution in [3.63, 3.8) is 0 Å². The smallest absolute Gasteiger partial charge is 0.0593 e. The molecule has 1 aromatic carbocycles. The SMILES string of the molecule is CCCc1cccc(C(CC2CCCCO2)NCC)c1. The lowest BCUT2D eigenvalue weighted by atomic mass is 9.95. The van der Waals surface area contributed by atoms with Gasteiger partial charge < -0.3 is 10.1 Å². The fourth-order valence-electron chi connectivity index (χ4n) is 3.09. The quantitative estimate of drug-likeness (QED) is 0.803. The molecule has 2 rings (SSSR count). The highest BCUT2D eigenvalue weighted by Gasteiger charge is 2.20. The molecule has 1 N–H and O–H groups in total. The third kappa shape index (κ3) is 4.60. The van der Waals surface area contributed by atoms with Gasteiger partial charge in [-0.05, 0) is 49.8 Å². The molecule has 1 heterocycles. The van der Waals surface area contributed by atoms with Crippen LogP contribution in [0.4, 0.5) is 0 Å². The Morgan fingerprint density at radius 2 is 2.20 bits per heavy atom. The first kappa shape index (κ1) is 15.5. The second-order valence-electron chi connectivity index (χ2n) is 5.83. The van der Waals surface area contributed by atoms with Crippen molar-refractivity contribution in [3.05, 3.63) is 35.4 Å². The van der Waals surface area contributed by atoms with Gasteiger partial charge in [0.1, 0.15) is 0 Å². The van der Waals surface area contributed by atoms with Crippen LogP contribution in [0.15, 0.2) is 24.3 Å². The van der Waals surface area contributed by atoms with Gasteiger partial charge in [0.05, 0.1) is 6.10 Å². The van der Waals surface area contributed by atoms with Gasteiger partial charge in [-0.25, -0.2) is 0 Å². The second kappa shape index (κ2) is 8.43. The zero-order valence-electron chi connectivity index (χ0n) is 13.0. The van der Waals surface area contributed by atoms with E-state index in [-0.39, 0.29) is 0 Å². The first-order chi connectivity index (χ1) is 9.83. The molecule has 0 radical (unpaired) electrons. The molecule has 0 bridgehead atoms. The molecule has 1 saturated heterocycles. The molecular weight excluding hydrogens is 246 g/mol. The Labute approximate surface area is 123 Å². The third-order valence-electron chi connectivity index (χ3n) is 4.12. The lowest BCUT2D eigenvalue weighted by Crippen LogP contribution is -2.28. The van der Waals surface area contributed by atoms with E-state index in [1.165, 1.54) is 43.2 Å². The van der Waals surface area contributed by atoms with Gasteiger partial charge in [-0.2, -0.15) is 0 Å². The van der Waals surface area contributed by atoms with Crippen LogP contribution in [0.1, 0.15) is 63.1 Å². The second-order valence-corrected chi connectivity index (χ2v) is 5.83. The summed E-state index contributed by atoms with van der Waals surface area (Å²) in [7, 11) is 0. The Morgan fingerprint density at radius 3 is 2.90 bits per heavy atom. The molecule has 1 aliphatic heterocycles. The van der Waals surface area contributed by atoms with Crippen LogP contribution in [0.25, 0.3) is 0 Å². The molecule has 2 unspecified atom stereocenters. The zero-order chi connectivity index (χ0) is 14.2. The summed E-state index contributed by atoms with van der Waals surface area (Å²) in [6.45, 7) is 6.38. The van der Waals surface area contributed by atoms with Gasteiger partial charge in [-0.15, -0.1) is 0 Å². The molecule has 0 aliphatic carbocycles. The Kier molecular flexibility index (Phi) is 6.55. The molecule has 2 nitrogen and oxygen atoms in total. The molecule has 0 amide bonds. The van der Waals surface area contributed by atoms with Crippen molar-refractivity contribution in [2.75, 3.05) is 13.2 Å². The summed E-state index contributed by atoms with van der Waals surface area (Å²) in [5, 5.41) is 3.64. The third-order valence-corrected chi connectivity index (χ3v) is 4.12. The highest BCUT2D eigenvalue weighted by molar-refractivity contribution is 5.26. The van der Waals surface area contributed by atoms with Crippen LogP contribution >= 0.6 is 0 Å². The predicted molar refractivity (Wildman–Crippen MR) is 85.1 cm³/mol. The predicted octanol–water partition coefficient (Wildman–Crippen LogP) is 4.25. The van der Waals surface area contributed by atoms with Crippen molar-refractivity contribution < 1.29 is 4.74 Å². The maximum Gasteiger partial charge on any atom is 0.0593 e. The normalized spacial score (nSPS) is 20.8. The molecule has 0 aromatic heterocycles. The van der Waals surface area contributed by atoms with E-state index in [9.17, 15) is 0 Å². The molecule has 1 aromatic rings. The maximum absolute atomic E-state index is 5.91. The van der Waals surface area contributed by atoms with Crippen LogP contribution in [0.3, 0.4) is 0 Å². The van der Waals surface area contributed by atoms with Crippen LogP contribution in [-0.4, -0.2) is 19.3 Å². The van der Waals surface area contributed by atoms with Crippen molar-refractivity contribution in [1.82, 2.24) is 5.32 Å². The van der Waals surface area contributed by atoms with Gasteiger partial charge in [0.2, 0.25) is 0 Å². The molecule has 20 heavy (non-hydrogen) atoms. The largest absolute Gasteiger partial charge is 0.378 e. The van der Waals surface area contributed by atoms with Gasteiger partial charge in [0.15, 0.2) is 0 Å². The minimum atomic E-state index is 0.430. The fourth-order valence-corrected chi connectivity index (χ4v) is 3.09. The van der Waals surface area contributed by atoms with Crippen molar-refractivity contribution in [2.45, 2.75) is 64.5 Å². The first-order valence-electron chi connectivity index (χ1n) is 8.27. The van der Waals surface area contributed by atoms with Crippen molar-refractivity contribution in [3.8, 4) is 0 Å². The molecule has 0 spiro atoms. The van der Waals surface area contributed by atoms with Gasteiger partial charge in [-0.1, -0.05) is 44.5 Å². The van der Waals surface area contributed by atoms with Gasteiger partial charge in [0, 0.05) is 12.6 Å². The van der Waals surface area contributed by atoms with Gasteiger partial charge in [-0.3, -0.25) is 0 Å². The van der Waals surface area contributed by atoms with Crippen molar-refractivity contribution in [1.29, 1.82) is 0 Å². The molecule has 112 valence electrons. The summed E-state index contributed by atoms with van der Waals surface area (Å²) in [4.78, 5) is 0. The average Bonchev–Trinajstić information content (AvgIpc) is 2.49. The van der Waals surface area contributed by atoms with E-state index in [0.29, 0.717) is 12.1 Å². The van der Waals surface area contributed by atoms with E-state index in [1.807, 2.05) is 0 Å². The summed E-state index contributed by atoms with van der Waals surface area (Å²) in [5.41, 5.74) is 2.88.